The Bertz CT molecular complexity index is 1040. The third kappa shape index (κ3) is 3.26. The smallest absolute Gasteiger partial charge is 0.415 e. The van der Waals surface area contributed by atoms with Crippen molar-refractivity contribution in [1.29, 1.82) is 0 Å². The second-order valence-electron chi connectivity index (χ2n) is 6.90. The normalized spacial score (nSPS) is 22.8. The molecule has 156 valence electrons. The molecule has 1 aromatic carbocycles. The van der Waals surface area contributed by atoms with E-state index >= 15 is 0 Å². The minimum Gasteiger partial charge on any atom is -0.489 e. The summed E-state index contributed by atoms with van der Waals surface area (Å²) in [5, 5.41) is 3.29. The van der Waals surface area contributed by atoms with E-state index in [1.165, 1.54) is 16.2 Å². The average Bonchev–Trinajstić information content (AvgIpc) is 3.30. The predicted molar refractivity (Wildman–Crippen MR) is 110 cm³/mol. The van der Waals surface area contributed by atoms with E-state index in [0.717, 1.165) is 0 Å². The summed E-state index contributed by atoms with van der Waals surface area (Å²) in [6, 6.07) is 7.90. The van der Waals surface area contributed by atoms with E-state index < -0.39 is 24.1 Å². The van der Waals surface area contributed by atoms with Gasteiger partial charge in [0.25, 0.3) is 11.8 Å². The zero-order valence-corrected chi connectivity index (χ0v) is 17.1. The molecular formula is C19H16ClN3O6S. The number of carbonyl (C=O) groups excluding carboxylic acids is 3. The molecule has 3 amide bonds. The maximum atomic E-state index is 12.7. The molecular weight excluding hydrogens is 434 g/mol. The first-order chi connectivity index (χ1) is 14.5. The predicted octanol–water partition coefficient (Wildman–Crippen LogP) is 2.49. The highest BCUT2D eigenvalue weighted by atomic mass is 35.5. The van der Waals surface area contributed by atoms with E-state index in [4.69, 9.17) is 25.8 Å². The summed E-state index contributed by atoms with van der Waals surface area (Å²) in [6.07, 6.45) is -1.64. The van der Waals surface area contributed by atoms with Crippen LogP contribution < -0.4 is 19.9 Å². The van der Waals surface area contributed by atoms with Crippen LogP contribution in [0.3, 0.4) is 0 Å². The Morgan fingerprint density at radius 3 is 2.87 bits per heavy atom. The Morgan fingerprint density at radius 1 is 1.23 bits per heavy atom. The van der Waals surface area contributed by atoms with Crippen molar-refractivity contribution in [2.75, 3.05) is 41.5 Å². The van der Waals surface area contributed by atoms with Crippen LogP contribution in [0.2, 0.25) is 4.34 Å². The van der Waals surface area contributed by atoms with Gasteiger partial charge in [0.2, 0.25) is 6.10 Å². The molecule has 0 radical (unpaired) electrons. The summed E-state index contributed by atoms with van der Waals surface area (Å²) in [4.78, 5) is 40.4. The Balaban J connectivity index is 1.37. The van der Waals surface area contributed by atoms with Crippen LogP contribution in [0.5, 0.6) is 5.75 Å². The average molecular weight is 450 g/mol. The van der Waals surface area contributed by atoms with E-state index in [1.807, 2.05) is 0 Å². The van der Waals surface area contributed by atoms with Crippen LogP contribution in [-0.4, -0.2) is 56.4 Å². The molecule has 1 aromatic heterocycles. The number of benzene rings is 1. The maximum absolute atomic E-state index is 12.7. The van der Waals surface area contributed by atoms with Gasteiger partial charge in [-0.1, -0.05) is 11.6 Å². The standard InChI is InChI=1S/C19H16ClN3O6S/c20-14-3-4-15(30-14)21-18(25)17-12-8-28-13-7-10(22-5-6-27-9-16(22)24)1-2-11(13)23(12)19(26)29-17/h1-4,7,12,17H,5-6,8-9H2,(H,21,25). The van der Waals surface area contributed by atoms with Gasteiger partial charge in [-0.2, -0.15) is 0 Å². The lowest BCUT2D eigenvalue weighted by Crippen LogP contribution is -2.48. The number of morpholine rings is 1. The summed E-state index contributed by atoms with van der Waals surface area (Å²) in [5.41, 5.74) is 1.16. The number of amides is 3. The monoisotopic (exact) mass is 449 g/mol. The first kappa shape index (κ1) is 19.2. The summed E-state index contributed by atoms with van der Waals surface area (Å²) in [7, 11) is 0. The molecule has 1 N–H and O–H groups in total. The van der Waals surface area contributed by atoms with Gasteiger partial charge in [-0.25, -0.2) is 4.79 Å². The van der Waals surface area contributed by atoms with Crippen LogP contribution in [-0.2, 0) is 19.1 Å². The van der Waals surface area contributed by atoms with Gasteiger partial charge in [-0.05, 0) is 24.3 Å². The van der Waals surface area contributed by atoms with Gasteiger partial charge in [0.15, 0.2) is 0 Å². The second-order valence-corrected chi connectivity index (χ2v) is 8.61. The number of fused-ring (bicyclic) bond motifs is 3. The highest BCUT2D eigenvalue weighted by Gasteiger charge is 2.50. The lowest BCUT2D eigenvalue weighted by Gasteiger charge is -2.32. The molecule has 5 rings (SSSR count). The molecule has 0 spiro atoms. The first-order valence-electron chi connectivity index (χ1n) is 9.22. The van der Waals surface area contributed by atoms with Gasteiger partial charge in [0.1, 0.15) is 25.0 Å². The molecule has 30 heavy (non-hydrogen) atoms. The number of cyclic esters (lactones) is 1. The molecule has 2 fully saturated rings. The number of carbonyl (C=O) groups is 3. The van der Waals surface area contributed by atoms with Crippen LogP contribution in [0, 0.1) is 0 Å². The number of hydrogen-bond acceptors (Lipinski definition) is 7. The van der Waals surface area contributed by atoms with Crippen molar-refractivity contribution in [3.8, 4) is 5.75 Å². The minimum atomic E-state index is -1.02. The molecule has 2 saturated heterocycles. The van der Waals surface area contributed by atoms with Gasteiger partial charge in [0, 0.05) is 18.3 Å². The molecule has 11 heteroatoms. The highest BCUT2D eigenvalue weighted by Crippen LogP contribution is 2.41. The molecule has 4 heterocycles. The van der Waals surface area contributed by atoms with Crippen molar-refractivity contribution in [1.82, 2.24) is 0 Å². The number of hydrogen-bond donors (Lipinski definition) is 1. The largest absolute Gasteiger partial charge is 0.489 e. The molecule has 9 nitrogen and oxygen atoms in total. The van der Waals surface area contributed by atoms with Crippen LogP contribution >= 0.6 is 22.9 Å². The molecule has 0 saturated carbocycles. The quantitative estimate of drug-likeness (QED) is 0.773. The number of ether oxygens (including phenoxy) is 3. The zero-order valence-electron chi connectivity index (χ0n) is 15.5. The van der Waals surface area contributed by atoms with E-state index in [9.17, 15) is 14.4 Å². The molecule has 2 unspecified atom stereocenters. The van der Waals surface area contributed by atoms with E-state index in [-0.39, 0.29) is 19.1 Å². The lowest BCUT2D eigenvalue weighted by molar-refractivity contribution is -0.125. The van der Waals surface area contributed by atoms with E-state index in [0.29, 0.717) is 39.6 Å². The lowest BCUT2D eigenvalue weighted by atomic mass is 10.1. The molecule has 0 aliphatic carbocycles. The summed E-state index contributed by atoms with van der Waals surface area (Å²) < 4.78 is 16.9. The van der Waals surface area contributed by atoms with Crippen molar-refractivity contribution in [3.05, 3.63) is 34.7 Å². The summed E-state index contributed by atoms with van der Waals surface area (Å²) >= 11 is 7.11. The van der Waals surface area contributed by atoms with Gasteiger partial charge < -0.3 is 24.4 Å². The van der Waals surface area contributed by atoms with Gasteiger partial charge in [-0.15, -0.1) is 11.3 Å². The number of halogens is 1. The fourth-order valence-corrected chi connectivity index (χ4v) is 4.65. The van der Waals surface area contributed by atoms with E-state index in [2.05, 4.69) is 5.32 Å². The molecule has 3 aliphatic heterocycles. The Hall–Kier alpha value is -2.82. The van der Waals surface area contributed by atoms with Gasteiger partial charge in [-0.3, -0.25) is 14.5 Å². The van der Waals surface area contributed by atoms with Crippen molar-refractivity contribution in [2.45, 2.75) is 12.1 Å². The number of nitrogens with one attached hydrogen (secondary N) is 1. The third-order valence-electron chi connectivity index (χ3n) is 5.09. The Kier molecular flexibility index (Phi) is 4.76. The van der Waals surface area contributed by atoms with E-state index in [1.54, 1.807) is 35.2 Å². The number of nitrogens with zero attached hydrogens (tertiary/aromatic N) is 2. The maximum Gasteiger partial charge on any atom is 0.415 e. The van der Waals surface area contributed by atoms with Crippen molar-refractivity contribution >= 4 is 57.2 Å². The van der Waals surface area contributed by atoms with Crippen molar-refractivity contribution in [3.63, 3.8) is 0 Å². The van der Waals surface area contributed by atoms with Crippen molar-refractivity contribution < 1.29 is 28.6 Å². The molecule has 0 bridgehead atoms. The molecule has 2 aromatic rings. The van der Waals surface area contributed by atoms with Crippen LogP contribution in [0.1, 0.15) is 0 Å². The van der Waals surface area contributed by atoms with Crippen LogP contribution in [0.25, 0.3) is 0 Å². The fourth-order valence-electron chi connectivity index (χ4n) is 3.71. The van der Waals surface area contributed by atoms with Crippen LogP contribution in [0.15, 0.2) is 30.3 Å². The highest BCUT2D eigenvalue weighted by molar-refractivity contribution is 7.20. The third-order valence-corrected chi connectivity index (χ3v) is 6.24. The summed E-state index contributed by atoms with van der Waals surface area (Å²) in [6.45, 7) is 1.02. The molecule has 2 atom stereocenters. The topological polar surface area (TPSA) is 97.4 Å². The Labute approximate surface area is 180 Å². The SMILES string of the molecule is O=C(Nc1ccc(Cl)s1)C1OC(=O)N2c3ccc(N4CCOCC4=O)cc3OCC12. The first-order valence-corrected chi connectivity index (χ1v) is 10.4. The Morgan fingerprint density at radius 2 is 2.10 bits per heavy atom. The second kappa shape index (κ2) is 7.46. The number of thiophene rings is 1. The van der Waals surface area contributed by atoms with Gasteiger partial charge >= 0.3 is 6.09 Å². The van der Waals surface area contributed by atoms with Crippen molar-refractivity contribution in [2.24, 2.45) is 0 Å². The number of anilines is 3. The summed E-state index contributed by atoms with van der Waals surface area (Å²) in [5.74, 6) is -0.135. The van der Waals surface area contributed by atoms with Crippen LogP contribution in [0.4, 0.5) is 21.2 Å². The number of rotatable bonds is 3. The molecule has 3 aliphatic rings. The zero-order chi connectivity index (χ0) is 20.8. The minimum absolute atomic E-state index is 0.0325. The fraction of sp³-hybridized carbons (Fsp3) is 0.316. The van der Waals surface area contributed by atoms with Gasteiger partial charge in [0.05, 0.1) is 21.6 Å².